The summed E-state index contributed by atoms with van der Waals surface area (Å²) in [6.07, 6.45) is 0. The third-order valence-corrected chi connectivity index (χ3v) is 3.76. The fourth-order valence-electron chi connectivity index (χ4n) is 1.86. The van der Waals surface area contributed by atoms with Crippen molar-refractivity contribution in [2.24, 2.45) is 7.05 Å². The first-order valence-electron chi connectivity index (χ1n) is 5.85. The number of aromatic carboxylic acids is 1. The third kappa shape index (κ3) is 2.90. The zero-order valence-corrected chi connectivity index (χ0v) is 12.1. The molecule has 2 aromatic heterocycles. The SMILES string of the molecule is Cc1cc(CSc2nc(=O)[nH]c(C)c2C(=O)O)n(C)n1. The van der Waals surface area contributed by atoms with Crippen LogP contribution in [0.1, 0.15) is 27.4 Å². The van der Waals surface area contributed by atoms with E-state index in [-0.39, 0.29) is 10.6 Å². The molecule has 7 nitrogen and oxygen atoms in total. The van der Waals surface area contributed by atoms with Crippen molar-refractivity contribution < 1.29 is 9.90 Å². The summed E-state index contributed by atoms with van der Waals surface area (Å²) in [5.41, 5.74) is 1.62. The van der Waals surface area contributed by atoms with Gasteiger partial charge in [-0.1, -0.05) is 11.8 Å². The lowest BCUT2D eigenvalue weighted by molar-refractivity contribution is 0.0690. The Morgan fingerprint density at radius 1 is 1.50 bits per heavy atom. The van der Waals surface area contributed by atoms with E-state index < -0.39 is 11.7 Å². The first-order chi connectivity index (χ1) is 9.38. The van der Waals surface area contributed by atoms with Crippen molar-refractivity contribution >= 4 is 17.7 Å². The standard InChI is InChI=1S/C12H14N4O3S/c1-6-4-8(16(3)15-6)5-20-10-9(11(17)18)7(2)13-12(19)14-10/h4H,5H2,1-3H3,(H,17,18)(H,13,14,19). The zero-order chi connectivity index (χ0) is 14.9. The van der Waals surface area contributed by atoms with Gasteiger partial charge < -0.3 is 10.1 Å². The molecule has 0 aliphatic heterocycles. The summed E-state index contributed by atoms with van der Waals surface area (Å²) >= 11 is 1.21. The minimum atomic E-state index is -1.10. The molecule has 0 atom stereocenters. The number of hydrogen-bond acceptors (Lipinski definition) is 5. The van der Waals surface area contributed by atoms with Crippen LogP contribution in [0, 0.1) is 13.8 Å². The van der Waals surface area contributed by atoms with Gasteiger partial charge in [0.05, 0.1) is 5.69 Å². The number of hydrogen-bond donors (Lipinski definition) is 2. The molecule has 20 heavy (non-hydrogen) atoms. The van der Waals surface area contributed by atoms with Crippen LogP contribution in [0.3, 0.4) is 0 Å². The summed E-state index contributed by atoms with van der Waals surface area (Å²) < 4.78 is 1.73. The average Bonchev–Trinajstić information content (AvgIpc) is 2.63. The second-order valence-corrected chi connectivity index (χ2v) is 5.31. The molecular weight excluding hydrogens is 280 g/mol. The number of H-pyrrole nitrogens is 1. The number of nitrogens with one attached hydrogen (secondary N) is 1. The van der Waals surface area contributed by atoms with E-state index in [1.54, 1.807) is 11.6 Å². The van der Waals surface area contributed by atoms with Crippen molar-refractivity contribution in [3.05, 3.63) is 39.2 Å². The lowest BCUT2D eigenvalue weighted by atomic mass is 10.2. The van der Waals surface area contributed by atoms with Crippen LogP contribution in [0.25, 0.3) is 0 Å². The molecule has 0 amide bonds. The van der Waals surface area contributed by atoms with Gasteiger partial charge in [-0.2, -0.15) is 10.1 Å². The van der Waals surface area contributed by atoms with Gasteiger partial charge in [0.15, 0.2) is 0 Å². The predicted octanol–water partition coefficient (Wildman–Crippen LogP) is 1.11. The summed E-state index contributed by atoms with van der Waals surface area (Å²) in [6, 6.07) is 1.91. The van der Waals surface area contributed by atoms with Crippen molar-refractivity contribution in [2.75, 3.05) is 0 Å². The fraction of sp³-hybridized carbons (Fsp3) is 0.333. The molecule has 2 rings (SSSR count). The molecule has 2 N–H and O–H groups in total. The van der Waals surface area contributed by atoms with E-state index >= 15 is 0 Å². The molecule has 106 valence electrons. The largest absolute Gasteiger partial charge is 0.478 e. The van der Waals surface area contributed by atoms with Gasteiger partial charge in [0.1, 0.15) is 10.6 Å². The molecule has 0 fully saturated rings. The number of aromatic nitrogens is 4. The highest BCUT2D eigenvalue weighted by molar-refractivity contribution is 7.98. The molecule has 0 radical (unpaired) electrons. The normalized spacial score (nSPS) is 10.8. The quantitative estimate of drug-likeness (QED) is 0.647. The molecule has 0 aromatic carbocycles. The smallest absolute Gasteiger partial charge is 0.346 e. The molecule has 8 heteroatoms. The van der Waals surface area contributed by atoms with E-state index in [1.807, 2.05) is 20.0 Å². The molecule has 0 saturated heterocycles. The Kier molecular flexibility index (Phi) is 3.93. The van der Waals surface area contributed by atoms with Gasteiger partial charge in [-0.15, -0.1) is 0 Å². The summed E-state index contributed by atoms with van der Waals surface area (Å²) in [6.45, 7) is 3.43. The number of thioether (sulfide) groups is 1. The van der Waals surface area contributed by atoms with Crippen LogP contribution in [0.15, 0.2) is 15.9 Å². The number of rotatable bonds is 4. The van der Waals surface area contributed by atoms with Crippen LogP contribution >= 0.6 is 11.8 Å². The van der Waals surface area contributed by atoms with Gasteiger partial charge in [-0.3, -0.25) is 4.68 Å². The van der Waals surface area contributed by atoms with E-state index in [0.29, 0.717) is 11.4 Å². The van der Waals surface area contributed by atoms with E-state index in [0.717, 1.165) is 11.4 Å². The van der Waals surface area contributed by atoms with E-state index in [2.05, 4.69) is 15.1 Å². The number of carbonyl (C=O) groups is 1. The van der Waals surface area contributed by atoms with Crippen molar-refractivity contribution in [1.29, 1.82) is 0 Å². The second kappa shape index (κ2) is 5.49. The first-order valence-corrected chi connectivity index (χ1v) is 6.83. The molecule has 0 saturated carbocycles. The van der Waals surface area contributed by atoms with Crippen LogP contribution in [0.4, 0.5) is 0 Å². The summed E-state index contributed by atoms with van der Waals surface area (Å²) in [5, 5.41) is 13.6. The van der Waals surface area contributed by atoms with Crippen LogP contribution < -0.4 is 5.69 Å². The Hall–Kier alpha value is -2.09. The lowest BCUT2D eigenvalue weighted by Gasteiger charge is -2.07. The zero-order valence-electron chi connectivity index (χ0n) is 11.3. The molecule has 0 aliphatic carbocycles. The van der Waals surface area contributed by atoms with Crippen LogP contribution in [0.2, 0.25) is 0 Å². The molecule has 0 aliphatic rings. The monoisotopic (exact) mass is 294 g/mol. The topological polar surface area (TPSA) is 101 Å². The second-order valence-electron chi connectivity index (χ2n) is 4.34. The van der Waals surface area contributed by atoms with Gasteiger partial charge in [0.25, 0.3) is 0 Å². The van der Waals surface area contributed by atoms with Crippen LogP contribution in [-0.4, -0.2) is 30.8 Å². The maximum atomic E-state index is 11.4. The predicted molar refractivity (Wildman–Crippen MR) is 74.1 cm³/mol. The Morgan fingerprint density at radius 2 is 2.20 bits per heavy atom. The van der Waals surface area contributed by atoms with Crippen molar-refractivity contribution in [2.45, 2.75) is 24.6 Å². The number of aryl methyl sites for hydroxylation is 3. The van der Waals surface area contributed by atoms with Crippen molar-refractivity contribution in [1.82, 2.24) is 19.7 Å². The highest BCUT2D eigenvalue weighted by Gasteiger charge is 2.17. The Bertz CT molecular complexity index is 720. The first kappa shape index (κ1) is 14.3. The van der Waals surface area contributed by atoms with Gasteiger partial charge >= 0.3 is 11.7 Å². The molecule has 0 bridgehead atoms. The van der Waals surface area contributed by atoms with E-state index in [4.69, 9.17) is 0 Å². The van der Waals surface area contributed by atoms with E-state index in [9.17, 15) is 14.7 Å². The number of carboxylic acid groups (broad SMARTS) is 1. The summed E-state index contributed by atoms with van der Waals surface area (Å²) in [5.74, 6) is -0.608. The molecule has 2 heterocycles. The van der Waals surface area contributed by atoms with Crippen molar-refractivity contribution in [3.63, 3.8) is 0 Å². The maximum Gasteiger partial charge on any atom is 0.346 e. The van der Waals surface area contributed by atoms with Gasteiger partial charge in [0.2, 0.25) is 0 Å². The highest BCUT2D eigenvalue weighted by Crippen LogP contribution is 2.24. The summed E-state index contributed by atoms with van der Waals surface area (Å²) in [7, 11) is 1.82. The van der Waals surface area contributed by atoms with Gasteiger partial charge in [-0.05, 0) is 19.9 Å². The Labute approximate surface area is 119 Å². The maximum absolute atomic E-state index is 11.4. The van der Waals surface area contributed by atoms with Gasteiger partial charge in [-0.25, -0.2) is 9.59 Å². The molecule has 2 aromatic rings. The number of nitrogens with zero attached hydrogens (tertiary/aromatic N) is 3. The van der Waals surface area contributed by atoms with Crippen LogP contribution in [0.5, 0.6) is 0 Å². The third-order valence-electron chi connectivity index (χ3n) is 2.76. The lowest BCUT2D eigenvalue weighted by Crippen LogP contribution is -2.18. The highest BCUT2D eigenvalue weighted by atomic mass is 32.2. The fourth-order valence-corrected chi connectivity index (χ4v) is 2.94. The molecular formula is C12H14N4O3S. The Morgan fingerprint density at radius 3 is 2.75 bits per heavy atom. The number of aromatic amines is 1. The minimum absolute atomic E-state index is 0.0356. The summed E-state index contributed by atoms with van der Waals surface area (Å²) in [4.78, 5) is 28.8. The molecule has 0 spiro atoms. The van der Waals surface area contributed by atoms with Crippen LogP contribution in [-0.2, 0) is 12.8 Å². The Balaban J connectivity index is 2.31. The molecule has 0 unspecified atom stereocenters. The van der Waals surface area contributed by atoms with Crippen molar-refractivity contribution in [3.8, 4) is 0 Å². The van der Waals surface area contributed by atoms with Gasteiger partial charge in [0, 0.05) is 24.2 Å². The average molecular weight is 294 g/mol. The number of carboxylic acids is 1. The van der Waals surface area contributed by atoms with E-state index in [1.165, 1.54) is 11.8 Å². The minimum Gasteiger partial charge on any atom is -0.478 e.